The molecule has 0 aromatic heterocycles. The van der Waals surface area contributed by atoms with Crippen LogP contribution in [0.5, 0.6) is 0 Å². The van der Waals surface area contributed by atoms with Crippen LogP contribution in [-0.2, 0) is 4.79 Å². The predicted molar refractivity (Wildman–Crippen MR) is 53.0 cm³/mol. The van der Waals surface area contributed by atoms with E-state index < -0.39 is 0 Å². The summed E-state index contributed by atoms with van der Waals surface area (Å²) < 4.78 is 0. The number of hydrogen-bond acceptors (Lipinski definition) is 2. The van der Waals surface area contributed by atoms with Gasteiger partial charge in [0.05, 0.1) is 0 Å². The lowest BCUT2D eigenvalue weighted by molar-refractivity contribution is -0.128. The molecule has 72 valence electrons. The minimum absolute atomic E-state index is 0.103. The van der Waals surface area contributed by atoms with Gasteiger partial charge in [-0.3, -0.25) is 4.79 Å². The van der Waals surface area contributed by atoms with Crippen LogP contribution in [0.25, 0.3) is 0 Å². The SMILES string of the molecule is CC(=N)C1=C(C)CCN(C(C)=O)C1. The van der Waals surface area contributed by atoms with E-state index in [1.54, 1.807) is 18.7 Å². The fourth-order valence-corrected chi connectivity index (χ4v) is 1.57. The van der Waals surface area contributed by atoms with E-state index in [2.05, 4.69) is 0 Å². The van der Waals surface area contributed by atoms with Crippen LogP contribution in [0.15, 0.2) is 11.1 Å². The molecule has 3 nitrogen and oxygen atoms in total. The van der Waals surface area contributed by atoms with Gasteiger partial charge < -0.3 is 10.3 Å². The van der Waals surface area contributed by atoms with Crippen LogP contribution in [0, 0.1) is 5.41 Å². The van der Waals surface area contributed by atoms with Crippen molar-refractivity contribution < 1.29 is 4.79 Å². The van der Waals surface area contributed by atoms with Gasteiger partial charge in [0, 0.05) is 25.7 Å². The van der Waals surface area contributed by atoms with Gasteiger partial charge in [-0.15, -0.1) is 0 Å². The second-order valence-electron chi connectivity index (χ2n) is 3.57. The summed E-state index contributed by atoms with van der Waals surface area (Å²) in [7, 11) is 0. The standard InChI is InChI=1S/C10H16N2O/c1-7-4-5-12(9(3)13)6-10(7)8(2)11/h11H,4-6H2,1-3H3. The maximum absolute atomic E-state index is 11.1. The van der Waals surface area contributed by atoms with Crippen molar-refractivity contribution in [3.8, 4) is 0 Å². The molecule has 0 unspecified atom stereocenters. The second-order valence-corrected chi connectivity index (χ2v) is 3.57. The molecule has 1 heterocycles. The highest BCUT2D eigenvalue weighted by molar-refractivity contribution is 5.97. The summed E-state index contributed by atoms with van der Waals surface area (Å²) in [5.41, 5.74) is 2.87. The monoisotopic (exact) mass is 180 g/mol. The summed E-state index contributed by atoms with van der Waals surface area (Å²) in [6.45, 7) is 6.83. The van der Waals surface area contributed by atoms with Crippen molar-refractivity contribution >= 4 is 11.6 Å². The van der Waals surface area contributed by atoms with Crippen LogP contribution >= 0.6 is 0 Å². The van der Waals surface area contributed by atoms with E-state index in [1.165, 1.54) is 5.57 Å². The van der Waals surface area contributed by atoms with Gasteiger partial charge in [0.15, 0.2) is 0 Å². The van der Waals surface area contributed by atoms with Gasteiger partial charge in [0.25, 0.3) is 0 Å². The number of nitrogens with one attached hydrogen (secondary N) is 1. The Kier molecular flexibility index (Phi) is 2.86. The Morgan fingerprint density at radius 1 is 1.46 bits per heavy atom. The molecule has 0 fully saturated rings. The third-order valence-corrected chi connectivity index (χ3v) is 2.52. The van der Waals surface area contributed by atoms with E-state index in [0.29, 0.717) is 12.3 Å². The zero-order valence-corrected chi connectivity index (χ0v) is 8.48. The van der Waals surface area contributed by atoms with E-state index in [-0.39, 0.29) is 5.91 Å². The van der Waals surface area contributed by atoms with Gasteiger partial charge in [0.2, 0.25) is 5.91 Å². The van der Waals surface area contributed by atoms with Crippen LogP contribution in [0.4, 0.5) is 0 Å². The number of nitrogens with zero attached hydrogens (tertiary/aromatic N) is 1. The van der Waals surface area contributed by atoms with Crippen LogP contribution < -0.4 is 0 Å². The molecule has 1 N–H and O–H groups in total. The molecule has 0 atom stereocenters. The molecular weight excluding hydrogens is 164 g/mol. The van der Waals surface area contributed by atoms with Crippen LogP contribution in [0.1, 0.15) is 27.2 Å². The van der Waals surface area contributed by atoms with E-state index in [9.17, 15) is 4.79 Å². The van der Waals surface area contributed by atoms with Gasteiger partial charge in [-0.1, -0.05) is 5.57 Å². The third-order valence-electron chi connectivity index (χ3n) is 2.52. The highest BCUT2D eigenvalue weighted by atomic mass is 16.2. The lowest BCUT2D eigenvalue weighted by Gasteiger charge is -2.28. The fraction of sp³-hybridized carbons (Fsp3) is 0.600. The Hall–Kier alpha value is -1.12. The van der Waals surface area contributed by atoms with Crippen LogP contribution in [-0.4, -0.2) is 29.6 Å². The second kappa shape index (κ2) is 3.73. The Labute approximate surface area is 78.9 Å². The number of carbonyl (C=O) groups is 1. The molecule has 0 aromatic carbocycles. The Morgan fingerprint density at radius 3 is 2.54 bits per heavy atom. The molecule has 3 heteroatoms. The molecule has 0 aromatic rings. The summed E-state index contributed by atoms with van der Waals surface area (Å²) >= 11 is 0. The third kappa shape index (κ3) is 2.17. The number of hydrogen-bond donors (Lipinski definition) is 1. The van der Waals surface area contributed by atoms with E-state index >= 15 is 0 Å². The molecule has 0 spiro atoms. The lowest BCUT2D eigenvalue weighted by Crippen LogP contribution is -2.36. The minimum atomic E-state index is 0.103. The molecule has 13 heavy (non-hydrogen) atoms. The molecule has 1 amide bonds. The first-order valence-corrected chi connectivity index (χ1v) is 4.52. The number of carbonyl (C=O) groups excluding carboxylic acids is 1. The van der Waals surface area contributed by atoms with E-state index in [1.807, 2.05) is 6.92 Å². The average Bonchev–Trinajstić information content (AvgIpc) is 2.04. The Balaban J connectivity index is 2.82. The van der Waals surface area contributed by atoms with E-state index in [0.717, 1.165) is 18.5 Å². The van der Waals surface area contributed by atoms with Gasteiger partial charge in [-0.2, -0.15) is 0 Å². The molecule has 0 saturated heterocycles. The van der Waals surface area contributed by atoms with Gasteiger partial charge in [0.1, 0.15) is 0 Å². The highest BCUT2D eigenvalue weighted by Gasteiger charge is 2.18. The summed E-state index contributed by atoms with van der Waals surface area (Å²) in [6.07, 6.45) is 0.908. The van der Waals surface area contributed by atoms with Gasteiger partial charge in [-0.05, 0) is 25.8 Å². The topological polar surface area (TPSA) is 44.2 Å². The molecule has 0 saturated carbocycles. The first kappa shape index (κ1) is 9.96. The fourth-order valence-electron chi connectivity index (χ4n) is 1.57. The van der Waals surface area contributed by atoms with Crippen molar-refractivity contribution in [3.63, 3.8) is 0 Å². The maximum Gasteiger partial charge on any atom is 0.219 e. The van der Waals surface area contributed by atoms with Crippen molar-refractivity contribution in [2.75, 3.05) is 13.1 Å². The molecule has 0 aliphatic carbocycles. The van der Waals surface area contributed by atoms with Gasteiger partial charge >= 0.3 is 0 Å². The smallest absolute Gasteiger partial charge is 0.219 e. The zero-order valence-electron chi connectivity index (χ0n) is 8.48. The van der Waals surface area contributed by atoms with Crippen LogP contribution in [0.3, 0.4) is 0 Å². The van der Waals surface area contributed by atoms with Crippen molar-refractivity contribution in [1.29, 1.82) is 5.41 Å². The Morgan fingerprint density at radius 2 is 2.08 bits per heavy atom. The largest absolute Gasteiger partial charge is 0.338 e. The van der Waals surface area contributed by atoms with Crippen molar-refractivity contribution in [2.45, 2.75) is 27.2 Å². The lowest BCUT2D eigenvalue weighted by atomic mass is 9.98. The first-order valence-electron chi connectivity index (χ1n) is 4.52. The molecule has 1 aliphatic heterocycles. The summed E-state index contributed by atoms with van der Waals surface area (Å²) in [4.78, 5) is 12.9. The highest BCUT2D eigenvalue weighted by Crippen LogP contribution is 2.18. The summed E-state index contributed by atoms with van der Waals surface area (Å²) in [5.74, 6) is 0.103. The zero-order chi connectivity index (χ0) is 10.0. The molecular formula is C10H16N2O. The normalized spacial score (nSPS) is 17.6. The molecule has 0 bridgehead atoms. The molecule has 0 radical (unpaired) electrons. The molecule has 1 rings (SSSR count). The maximum atomic E-state index is 11.1. The number of rotatable bonds is 1. The molecule has 1 aliphatic rings. The van der Waals surface area contributed by atoms with Crippen molar-refractivity contribution in [2.24, 2.45) is 0 Å². The number of amides is 1. The Bertz CT molecular complexity index is 279. The predicted octanol–water partition coefficient (Wildman–Crippen LogP) is 1.59. The van der Waals surface area contributed by atoms with Crippen molar-refractivity contribution in [1.82, 2.24) is 4.90 Å². The van der Waals surface area contributed by atoms with E-state index in [4.69, 9.17) is 5.41 Å². The summed E-state index contributed by atoms with van der Waals surface area (Å²) in [5, 5.41) is 7.55. The van der Waals surface area contributed by atoms with Crippen molar-refractivity contribution in [3.05, 3.63) is 11.1 Å². The van der Waals surface area contributed by atoms with Gasteiger partial charge in [-0.25, -0.2) is 0 Å². The quantitative estimate of drug-likeness (QED) is 0.612. The summed E-state index contributed by atoms with van der Waals surface area (Å²) in [6, 6.07) is 0. The average molecular weight is 180 g/mol. The van der Waals surface area contributed by atoms with Crippen LogP contribution in [0.2, 0.25) is 0 Å². The minimum Gasteiger partial charge on any atom is -0.338 e. The first-order chi connectivity index (χ1) is 6.02.